The third kappa shape index (κ3) is 6.45. The number of benzene rings is 4. The van der Waals surface area contributed by atoms with Gasteiger partial charge in [0, 0.05) is 25.8 Å². The highest BCUT2D eigenvalue weighted by Crippen LogP contribution is 2.30. The number of rotatable bonds is 3. The largest absolute Gasteiger partial charge is 0.573 e. The van der Waals surface area contributed by atoms with Crippen molar-refractivity contribution in [1.82, 2.24) is 9.55 Å². The second kappa shape index (κ2) is 12.0. The summed E-state index contributed by atoms with van der Waals surface area (Å²) in [6, 6.07) is 21.3. The van der Waals surface area contributed by atoms with Crippen LogP contribution in [0.2, 0.25) is 0 Å². The van der Waals surface area contributed by atoms with Gasteiger partial charge < -0.3 is 15.9 Å². The van der Waals surface area contributed by atoms with Gasteiger partial charge in [-0.2, -0.15) is 0 Å². The zero-order valence-electron chi connectivity index (χ0n) is 21.0. The molecule has 0 spiro atoms. The number of nitrogens with one attached hydrogen (secondary N) is 1. The van der Waals surface area contributed by atoms with Crippen LogP contribution in [0.15, 0.2) is 72.8 Å². The van der Waals surface area contributed by atoms with E-state index in [2.05, 4.69) is 27.7 Å². The van der Waals surface area contributed by atoms with Crippen LogP contribution in [-0.2, 0) is 0 Å². The molecule has 0 saturated carbocycles. The van der Waals surface area contributed by atoms with Crippen molar-refractivity contribution < 1.29 is 20.8 Å². The number of ether oxygens (including phenoxy) is 1. The van der Waals surface area contributed by atoms with Crippen molar-refractivity contribution in [2.24, 2.45) is 5.14 Å². The molecule has 5 aromatic rings. The summed E-state index contributed by atoms with van der Waals surface area (Å²) in [5.74, 6) is 0.455. The third-order valence-electron chi connectivity index (χ3n) is 5.87. The molecule has 0 aliphatic rings. The molecule has 0 unspecified atom stereocenters. The highest BCUT2D eigenvalue weighted by atomic mass is 32.1. The van der Waals surface area contributed by atoms with Gasteiger partial charge in [-0.05, 0) is 79.2 Å². The van der Waals surface area contributed by atoms with Crippen molar-refractivity contribution >= 4 is 46.5 Å². The number of anilines is 1. The van der Waals surface area contributed by atoms with Gasteiger partial charge in [0.05, 0.1) is 11.0 Å². The summed E-state index contributed by atoms with van der Waals surface area (Å²) in [6.45, 7) is 5.88. The molecule has 5 rings (SSSR count). The molecule has 6 nitrogen and oxygen atoms in total. The number of alkyl halides is 3. The molecule has 0 radical (unpaired) electrons. The second-order valence-corrected chi connectivity index (χ2v) is 8.40. The van der Waals surface area contributed by atoms with E-state index in [1.54, 1.807) is 12.1 Å². The summed E-state index contributed by atoms with van der Waals surface area (Å²) in [5.41, 5.74) is 12.1. The van der Waals surface area contributed by atoms with Crippen LogP contribution in [0.1, 0.15) is 25.4 Å². The Morgan fingerprint density at radius 2 is 1.58 bits per heavy atom. The molecule has 4 aromatic carbocycles. The number of aryl methyl sites for hydroxylation is 3. The Morgan fingerprint density at radius 3 is 2.13 bits per heavy atom. The lowest BCUT2D eigenvalue weighted by Crippen LogP contribution is -2.17. The van der Waals surface area contributed by atoms with E-state index in [9.17, 15) is 13.2 Å². The van der Waals surface area contributed by atoms with Crippen molar-refractivity contribution in [3.63, 3.8) is 0 Å². The zero-order chi connectivity index (χ0) is 28.0. The van der Waals surface area contributed by atoms with Crippen LogP contribution in [-0.4, -0.2) is 22.1 Å². The van der Waals surface area contributed by atoms with Gasteiger partial charge in [0.15, 0.2) is 0 Å². The van der Waals surface area contributed by atoms with Crippen molar-refractivity contribution in [2.45, 2.75) is 27.1 Å². The van der Waals surface area contributed by atoms with Gasteiger partial charge in [0.1, 0.15) is 11.6 Å². The van der Waals surface area contributed by atoms with Gasteiger partial charge >= 0.3 is 6.36 Å². The number of thiol groups is 1. The summed E-state index contributed by atoms with van der Waals surface area (Å²) < 4.78 is 42.8. The fourth-order valence-electron chi connectivity index (χ4n) is 4.04. The first kappa shape index (κ1) is 28.5. The average molecular weight is 544 g/mol. The van der Waals surface area contributed by atoms with Gasteiger partial charge in [0.2, 0.25) is 0 Å². The number of aromatic nitrogens is 2. The Bertz CT molecular complexity index is 1550. The molecule has 1 heterocycles. The topological polar surface area (TPSA) is 103 Å². The van der Waals surface area contributed by atoms with E-state index in [-0.39, 0.29) is 8.60 Å². The number of imidazole rings is 1. The zero-order valence-corrected chi connectivity index (χ0v) is 21.9. The summed E-state index contributed by atoms with van der Waals surface area (Å²) in [4.78, 5) is 4.65. The van der Waals surface area contributed by atoms with E-state index >= 15 is 0 Å². The van der Waals surface area contributed by atoms with Gasteiger partial charge in [-0.1, -0.05) is 36.4 Å². The fraction of sp³-hybridized carbons (Fsp3) is 0.143. The van der Waals surface area contributed by atoms with Crippen molar-refractivity contribution in [1.29, 1.82) is 5.41 Å². The maximum atomic E-state index is 12.3. The van der Waals surface area contributed by atoms with Crippen molar-refractivity contribution in [3.05, 3.63) is 95.3 Å². The molecule has 0 fully saturated rings. The van der Waals surface area contributed by atoms with Gasteiger partial charge in [-0.15, -0.1) is 26.0 Å². The third-order valence-corrected chi connectivity index (χ3v) is 5.87. The molecule has 0 aliphatic heterocycles. The minimum Gasteiger partial charge on any atom is -0.406 e. The monoisotopic (exact) mass is 543 g/mol. The van der Waals surface area contributed by atoms with Gasteiger partial charge in [-0.3, -0.25) is 9.71 Å². The molecule has 5 N–H and O–H groups in total. The summed E-state index contributed by atoms with van der Waals surface area (Å²) in [6.07, 6.45) is -3.43. The predicted octanol–water partition coefficient (Wildman–Crippen LogP) is 7.55. The Morgan fingerprint density at radius 1 is 0.947 bits per heavy atom. The first-order valence-electron chi connectivity index (χ1n) is 11.4. The number of nitrogen functional groups attached to an aromatic ring is 1. The van der Waals surface area contributed by atoms with Crippen LogP contribution in [0, 0.1) is 26.2 Å². The molecule has 202 valence electrons. The van der Waals surface area contributed by atoms with Gasteiger partial charge in [-0.25, -0.2) is 4.98 Å². The molecule has 0 atom stereocenters. The highest BCUT2D eigenvalue weighted by molar-refractivity contribution is 7.77. The normalized spacial score (nSPS) is 10.8. The standard InChI is InChI=1S/C20H14F3N3O.C8H11N.H3NS.2H2/c1-12-25-19-17-8-2-13(11-24)10-14(17)3-9-18(19)26(12)15-4-6-16(7-5-15)27-20(21,22)23;1-6-4-3-5-7(2)8(6)9;1-2;;/h2-11,24H,1H3;3-5H,9H2,1-2H3;2H,1H2;2*1H. The fourth-order valence-corrected chi connectivity index (χ4v) is 4.04. The van der Waals surface area contributed by atoms with E-state index in [4.69, 9.17) is 11.1 Å². The Kier molecular flexibility index (Phi) is 9.03. The quantitative estimate of drug-likeness (QED) is 0.107. The van der Waals surface area contributed by atoms with E-state index in [1.807, 2.05) is 73.9 Å². The highest BCUT2D eigenvalue weighted by Gasteiger charge is 2.31. The molecular formula is C28H32F3N5OS. The van der Waals surface area contributed by atoms with Crippen molar-refractivity contribution in [3.8, 4) is 11.4 Å². The smallest absolute Gasteiger partial charge is 0.406 e. The average Bonchev–Trinajstić information content (AvgIpc) is 3.24. The maximum absolute atomic E-state index is 12.3. The number of hydrogen-bond acceptors (Lipinski definition) is 6. The lowest BCUT2D eigenvalue weighted by atomic mass is 10.1. The van der Waals surface area contributed by atoms with Crippen molar-refractivity contribution in [2.75, 3.05) is 5.73 Å². The molecule has 10 heteroatoms. The lowest BCUT2D eigenvalue weighted by molar-refractivity contribution is -0.274. The molecule has 38 heavy (non-hydrogen) atoms. The van der Waals surface area contributed by atoms with Crippen LogP contribution in [0.25, 0.3) is 27.5 Å². The summed E-state index contributed by atoms with van der Waals surface area (Å²) >= 11 is 3.03. The maximum Gasteiger partial charge on any atom is 0.573 e. The number of hydrogen-bond donors (Lipinski definition) is 4. The van der Waals surface area contributed by atoms with E-state index < -0.39 is 6.36 Å². The lowest BCUT2D eigenvalue weighted by Gasteiger charge is -2.11. The van der Waals surface area contributed by atoms with E-state index in [0.29, 0.717) is 5.69 Å². The first-order chi connectivity index (χ1) is 18.1. The number of nitrogens with zero attached hydrogens (tertiary/aromatic N) is 2. The van der Waals surface area contributed by atoms with Crippen LogP contribution >= 0.6 is 12.8 Å². The van der Waals surface area contributed by atoms with E-state index in [1.165, 1.54) is 18.3 Å². The van der Waals surface area contributed by atoms with Crippen LogP contribution in [0.4, 0.5) is 18.9 Å². The molecule has 0 aliphatic carbocycles. The molecule has 1 aromatic heterocycles. The van der Waals surface area contributed by atoms with Gasteiger partial charge in [0.25, 0.3) is 0 Å². The van der Waals surface area contributed by atoms with Crippen LogP contribution < -0.4 is 15.6 Å². The second-order valence-electron chi connectivity index (χ2n) is 8.40. The molecular weight excluding hydrogens is 511 g/mol. The molecule has 0 amide bonds. The number of nitrogens with two attached hydrogens (primary N) is 2. The Hall–Kier alpha value is -4.02. The number of halogens is 3. The predicted molar refractivity (Wildman–Crippen MR) is 156 cm³/mol. The summed E-state index contributed by atoms with van der Waals surface area (Å²) in [5, 5.41) is 13.5. The van der Waals surface area contributed by atoms with Crippen LogP contribution in [0.5, 0.6) is 5.75 Å². The SMILES string of the molecule is Cc1cccc(C)c1N.Cc1nc2c3ccc(C=N)cc3ccc2n1-c1ccc(OC(F)(F)F)cc1.NS.[HH].[HH]. The number of fused-ring (bicyclic) bond motifs is 3. The molecule has 0 saturated heterocycles. The number of para-hydroxylation sites is 1. The molecule has 0 bridgehead atoms. The Labute approximate surface area is 227 Å². The summed E-state index contributed by atoms with van der Waals surface area (Å²) in [7, 11) is 0. The van der Waals surface area contributed by atoms with E-state index in [0.717, 1.165) is 50.0 Å². The van der Waals surface area contributed by atoms with Crippen LogP contribution in [0.3, 0.4) is 0 Å². The minimum atomic E-state index is -4.71. The first-order valence-corrected chi connectivity index (χ1v) is 11.9. The Balaban J connectivity index is 0.000000525. The minimum absolute atomic E-state index is 0.